The lowest BCUT2D eigenvalue weighted by atomic mass is 10.1. The van der Waals surface area contributed by atoms with Crippen LogP contribution in [-0.2, 0) is 9.53 Å². The van der Waals surface area contributed by atoms with Gasteiger partial charge in [0.1, 0.15) is 5.56 Å². The largest absolute Gasteiger partial charge is 0.477 e. The van der Waals surface area contributed by atoms with Crippen molar-refractivity contribution in [2.75, 3.05) is 13.2 Å². The van der Waals surface area contributed by atoms with E-state index < -0.39 is 5.97 Å². The van der Waals surface area contributed by atoms with Crippen molar-refractivity contribution in [3.8, 4) is 5.88 Å². The van der Waals surface area contributed by atoms with Gasteiger partial charge in [0.15, 0.2) is 6.61 Å². The zero-order chi connectivity index (χ0) is 15.2. The molecule has 6 nitrogen and oxygen atoms in total. The standard InChI is InChI=1S/C14H20N2O4/c1-5-19-12-10(7-6-8-15-12)13(18)20-9-11(17)16-14(2,3)4/h6-8H,5,9H2,1-4H3,(H,16,17). The first-order chi connectivity index (χ1) is 9.33. The van der Waals surface area contributed by atoms with Crippen molar-refractivity contribution >= 4 is 11.9 Å². The molecule has 0 bridgehead atoms. The van der Waals surface area contributed by atoms with Crippen molar-refractivity contribution in [2.45, 2.75) is 33.2 Å². The molecule has 0 aromatic carbocycles. The van der Waals surface area contributed by atoms with Gasteiger partial charge in [0.2, 0.25) is 5.88 Å². The molecule has 0 fully saturated rings. The summed E-state index contributed by atoms with van der Waals surface area (Å²) in [7, 11) is 0. The zero-order valence-electron chi connectivity index (χ0n) is 12.2. The van der Waals surface area contributed by atoms with E-state index in [9.17, 15) is 9.59 Å². The van der Waals surface area contributed by atoms with Crippen LogP contribution in [0.4, 0.5) is 0 Å². The number of nitrogens with zero attached hydrogens (tertiary/aromatic N) is 1. The lowest BCUT2D eigenvalue weighted by Gasteiger charge is -2.20. The number of hydrogen-bond donors (Lipinski definition) is 1. The van der Waals surface area contributed by atoms with Gasteiger partial charge in [0.25, 0.3) is 5.91 Å². The Morgan fingerprint density at radius 2 is 2.05 bits per heavy atom. The van der Waals surface area contributed by atoms with Gasteiger partial charge in [-0.25, -0.2) is 9.78 Å². The van der Waals surface area contributed by atoms with Gasteiger partial charge >= 0.3 is 5.97 Å². The number of carbonyl (C=O) groups is 2. The van der Waals surface area contributed by atoms with Crippen molar-refractivity contribution in [2.24, 2.45) is 0 Å². The molecule has 1 N–H and O–H groups in total. The molecule has 1 aromatic heterocycles. The van der Waals surface area contributed by atoms with Crippen LogP contribution in [-0.4, -0.2) is 35.6 Å². The number of hydrogen-bond acceptors (Lipinski definition) is 5. The number of esters is 1. The second-order valence-corrected chi connectivity index (χ2v) is 5.16. The molecule has 0 aliphatic rings. The van der Waals surface area contributed by atoms with Crippen LogP contribution in [0.5, 0.6) is 5.88 Å². The molecule has 0 unspecified atom stereocenters. The van der Waals surface area contributed by atoms with Gasteiger partial charge in [0.05, 0.1) is 6.61 Å². The van der Waals surface area contributed by atoms with Crippen LogP contribution in [0.25, 0.3) is 0 Å². The first-order valence-corrected chi connectivity index (χ1v) is 6.39. The lowest BCUT2D eigenvalue weighted by molar-refractivity contribution is -0.125. The van der Waals surface area contributed by atoms with Crippen LogP contribution in [0, 0.1) is 0 Å². The minimum absolute atomic E-state index is 0.205. The smallest absolute Gasteiger partial charge is 0.344 e. The van der Waals surface area contributed by atoms with Gasteiger partial charge in [-0.1, -0.05) is 0 Å². The minimum atomic E-state index is -0.634. The molecule has 1 heterocycles. The third-order valence-electron chi connectivity index (χ3n) is 2.12. The molecular formula is C14H20N2O4. The van der Waals surface area contributed by atoms with Crippen molar-refractivity contribution in [1.29, 1.82) is 0 Å². The highest BCUT2D eigenvalue weighted by Crippen LogP contribution is 2.15. The zero-order valence-corrected chi connectivity index (χ0v) is 12.2. The molecule has 0 aliphatic heterocycles. The fourth-order valence-corrected chi connectivity index (χ4v) is 1.46. The Balaban J connectivity index is 2.61. The van der Waals surface area contributed by atoms with E-state index in [0.717, 1.165) is 0 Å². The molecule has 0 saturated heterocycles. The van der Waals surface area contributed by atoms with Gasteiger partial charge in [0, 0.05) is 11.7 Å². The van der Waals surface area contributed by atoms with Crippen LogP contribution in [0.15, 0.2) is 18.3 Å². The van der Waals surface area contributed by atoms with Crippen LogP contribution in [0.1, 0.15) is 38.1 Å². The van der Waals surface area contributed by atoms with Crippen molar-refractivity contribution in [1.82, 2.24) is 10.3 Å². The van der Waals surface area contributed by atoms with Crippen LogP contribution < -0.4 is 10.1 Å². The predicted octanol–water partition coefficient (Wildman–Crippen LogP) is 1.55. The molecular weight excluding hydrogens is 260 g/mol. The Morgan fingerprint density at radius 1 is 1.35 bits per heavy atom. The molecule has 0 spiro atoms. The van der Waals surface area contributed by atoms with E-state index in [0.29, 0.717) is 6.61 Å². The molecule has 0 saturated carbocycles. The summed E-state index contributed by atoms with van der Waals surface area (Å²) in [6.45, 7) is 7.39. The number of rotatable bonds is 5. The molecule has 1 aromatic rings. The van der Waals surface area contributed by atoms with Gasteiger partial charge < -0.3 is 14.8 Å². The molecule has 0 atom stereocenters. The van der Waals surface area contributed by atoms with E-state index in [1.807, 2.05) is 20.8 Å². The highest BCUT2D eigenvalue weighted by atomic mass is 16.5. The van der Waals surface area contributed by atoms with E-state index >= 15 is 0 Å². The van der Waals surface area contributed by atoms with E-state index in [-0.39, 0.29) is 29.5 Å². The summed E-state index contributed by atoms with van der Waals surface area (Å²) in [4.78, 5) is 27.4. The number of carbonyl (C=O) groups excluding carboxylic acids is 2. The summed E-state index contributed by atoms with van der Waals surface area (Å²) in [5.41, 5.74) is -0.160. The summed E-state index contributed by atoms with van der Waals surface area (Å²) in [6.07, 6.45) is 1.52. The normalized spacial score (nSPS) is 10.8. The van der Waals surface area contributed by atoms with Crippen LogP contribution >= 0.6 is 0 Å². The van der Waals surface area contributed by atoms with Gasteiger partial charge in [-0.2, -0.15) is 0 Å². The average Bonchev–Trinajstić information content (AvgIpc) is 2.35. The molecule has 6 heteroatoms. The topological polar surface area (TPSA) is 77.5 Å². The highest BCUT2D eigenvalue weighted by Gasteiger charge is 2.18. The molecule has 1 rings (SSSR count). The number of aromatic nitrogens is 1. The number of pyridine rings is 1. The Kier molecular flexibility index (Phi) is 5.49. The van der Waals surface area contributed by atoms with Crippen molar-refractivity contribution in [3.05, 3.63) is 23.9 Å². The Bertz CT molecular complexity index is 480. The number of amides is 1. The third kappa shape index (κ3) is 5.26. The van der Waals surface area contributed by atoms with Gasteiger partial charge in [-0.15, -0.1) is 0 Å². The summed E-state index contributed by atoms with van der Waals surface area (Å²) < 4.78 is 10.2. The minimum Gasteiger partial charge on any atom is -0.477 e. The number of nitrogens with one attached hydrogen (secondary N) is 1. The maximum atomic E-state index is 11.9. The second kappa shape index (κ2) is 6.88. The first kappa shape index (κ1) is 15.9. The summed E-state index contributed by atoms with van der Waals surface area (Å²) >= 11 is 0. The monoisotopic (exact) mass is 280 g/mol. The van der Waals surface area contributed by atoms with E-state index in [1.54, 1.807) is 19.1 Å². The first-order valence-electron chi connectivity index (χ1n) is 6.39. The maximum Gasteiger partial charge on any atom is 0.344 e. The van der Waals surface area contributed by atoms with Crippen LogP contribution in [0.3, 0.4) is 0 Å². The molecule has 110 valence electrons. The average molecular weight is 280 g/mol. The predicted molar refractivity (Wildman–Crippen MR) is 73.6 cm³/mol. The third-order valence-corrected chi connectivity index (χ3v) is 2.12. The van der Waals surface area contributed by atoms with E-state index in [2.05, 4.69) is 10.3 Å². The summed E-state index contributed by atoms with van der Waals surface area (Å²) in [5, 5.41) is 2.70. The van der Waals surface area contributed by atoms with Crippen molar-refractivity contribution in [3.63, 3.8) is 0 Å². The quantitative estimate of drug-likeness (QED) is 0.828. The molecule has 20 heavy (non-hydrogen) atoms. The summed E-state index contributed by atoms with van der Waals surface area (Å²) in [5.74, 6) is -0.783. The fourth-order valence-electron chi connectivity index (χ4n) is 1.46. The SMILES string of the molecule is CCOc1ncccc1C(=O)OCC(=O)NC(C)(C)C. The highest BCUT2D eigenvalue weighted by molar-refractivity contribution is 5.93. The van der Waals surface area contributed by atoms with Gasteiger partial charge in [-0.05, 0) is 39.8 Å². The molecule has 0 radical (unpaired) electrons. The van der Waals surface area contributed by atoms with Gasteiger partial charge in [-0.3, -0.25) is 4.79 Å². The maximum absolute atomic E-state index is 11.9. The molecule has 0 aliphatic carbocycles. The fraction of sp³-hybridized carbons (Fsp3) is 0.500. The summed E-state index contributed by atoms with van der Waals surface area (Å²) in [6, 6.07) is 3.15. The van der Waals surface area contributed by atoms with E-state index in [4.69, 9.17) is 9.47 Å². The lowest BCUT2D eigenvalue weighted by Crippen LogP contribution is -2.42. The van der Waals surface area contributed by atoms with Crippen molar-refractivity contribution < 1.29 is 19.1 Å². The Morgan fingerprint density at radius 3 is 2.65 bits per heavy atom. The van der Waals surface area contributed by atoms with Crippen LogP contribution in [0.2, 0.25) is 0 Å². The number of ether oxygens (including phenoxy) is 2. The second-order valence-electron chi connectivity index (χ2n) is 5.16. The molecule has 1 amide bonds. The van der Waals surface area contributed by atoms with E-state index in [1.165, 1.54) is 6.20 Å². The Hall–Kier alpha value is -2.11. The Labute approximate surface area is 118 Å².